The van der Waals surface area contributed by atoms with Gasteiger partial charge in [-0.2, -0.15) is 0 Å². The lowest BCUT2D eigenvalue weighted by atomic mass is 9.80. The number of para-hydroxylation sites is 2. The molecule has 55 heavy (non-hydrogen) atoms. The van der Waals surface area contributed by atoms with Gasteiger partial charge in [0.05, 0.1) is 39.0 Å². The molecule has 0 N–H and O–H groups in total. The van der Waals surface area contributed by atoms with Gasteiger partial charge in [-0.05, 0) is 63.5 Å². The van der Waals surface area contributed by atoms with Crippen molar-refractivity contribution in [1.82, 2.24) is 18.9 Å². The fourth-order valence-electron chi connectivity index (χ4n) is 10.2. The first-order valence-electron chi connectivity index (χ1n) is 19.1. The number of benzene rings is 8. The molecule has 0 atom stereocenters. The number of hydrogen-bond donors (Lipinski definition) is 0. The van der Waals surface area contributed by atoms with Crippen LogP contribution in [0.5, 0.6) is 0 Å². The molecule has 4 heterocycles. The lowest BCUT2D eigenvalue weighted by Gasteiger charge is -2.24. The summed E-state index contributed by atoms with van der Waals surface area (Å²) in [5.74, 6) is 0.686. The molecule has 4 heteroatoms. The first-order chi connectivity index (χ1) is 27.0. The molecule has 0 aliphatic heterocycles. The van der Waals surface area contributed by atoms with Crippen LogP contribution in [0.3, 0.4) is 0 Å². The molecular formula is C51H32N4. The van der Waals surface area contributed by atoms with Crippen molar-refractivity contribution in [3.63, 3.8) is 0 Å². The molecule has 1 aliphatic rings. The van der Waals surface area contributed by atoms with Gasteiger partial charge in [-0.1, -0.05) is 135 Å². The van der Waals surface area contributed by atoms with E-state index >= 15 is 0 Å². The second kappa shape index (κ2) is 10.1. The first kappa shape index (κ1) is 29.4. The molecule has 13 rings (SSSR count). The van der Waals surface area contributed by atoms with E-state index in [2.05, 4.69) is 181 Å². The van der Waals surface area contributed by atoms with Crippen LogP contribution in [0.2, 0.25) is 0 Å². The Balaban J connectivity index is 1.21. The van der Waals surface area contributed by atoms with Crippen LogP contribution < -0.4 is 0 Å². The van der Waals surface area contributed by atoms with Crippen LogP contribution in [-0.4, -0.2) is 18.9 Å². The second-order valence-electron chi connectivity index (χ2n) is 15.8. The zero-order valence-corrected chi connectivity index (χ0v) is 30.3. The summed E-state index contributed by atoms with van der Waals surface area (Å²) in [6.07, 6.45) is 0. The quantitative estimate of drug-likeness (QED) is 0.180. The van der Waals surface area contributed by atoms with Crippen molar-refractivity contribution in [1.29, 1.82) is 0 Å². The van der Waals surface area contributed by atoms with Crippen LogP contribution >= 0.6 is 0 Å². The van der Waals surface area contributed by atoms with E-state index in [0.717, 1.165) is 28.0 Å². The van der Waals surface area contributed by atoms with Crippen LogP contribution in [0.15, 0.2) is 158 Å². The maximum absolute atomic E-state index is 5.67. The van der Waals surface area contributed by atoms with Crippen molar-refractivity contribution in [2.45, 2.75) is 19.3 Å². The molecule has 0 radical (unpaired) electrons. The summed E-state index contributed by atoms with van der Waals surface area (Å²) in [6.45, 7) is 4.64. The summed E-state index contributed by atoms with van der Waals surface area (Å²) in [4.78, 5) is 11.3. The van der Waals surface area contributed by atoms with Gasteiger partial charge in [0, 0.05) is 54.4 Å². The van der Waals surface area contributed by atoms with E-state index < -0.39 is 0 Å². The third-order valence-corrected chi connectivity index (χ3v) is 12.6. The van der Waals surface area contributed by atoms with Crippen LogP contribution in [0.1, 0.15) is 25.0 Å². The van der Waals surface area contributed by atoms with E-state index in [-0.39, 0.29) is 5.41 Å². The molecule has 8 aromatic carbocycles. The van der Waals surface area contributed by atoms with Crippen molar-refractivity contribution in [2.75, 3.05) is 0 Å². The number of hydrogen-bond acceptors (Lipinski definition) is 2. The van der Waals surface area contributed by atoms with Gasteiger partial charge < -0.3 is 4.40 Å². The molecular weight excluding hydrogens is 669 g/mol. The van der Waals surface area contributed by atoms with Crippen molar-refractivity contribution < 1.29 is 0 Å². The summed E-state index contributed by atoms with van der Waals surface area (Å²) < 4.78 is 4.81. The summed E-state index contributed by atoms with van der Waals surface area (Å²) in [7, 11) is 0. The standard InChI is InChI=1S/C51H32N4/c1-51(2)39-20-9-7-17-36(39)48-46(51)47(33-23-22-29-12-3-4-13-30(29)26-33)52-50(53-48)55-42-25-24-41-44(45(42)38-27-31-14-5-6-15-32(31)28-43(38)55)37-19-11-18-35-34-16-8-10-21-40(34)54(41)49(35)37/h3-28H,1-2H3. The lowest BCUT2D eigenvalue weighted by Crippen LogP contribution is -2.18. The van der Waals surface area contributed by atoms with Crippen molar-refractivity contribution in [3.8, 4) is 28.5 Å². The summed E-state index contributed by atoms with van der Waals surface area (Å²) in [5.41, 5.74) is 12.4. The predicted molar refractivity (Wildman–Crippen MR) is 229 cm³/mol. The average Bonchev–Trinajstić information content (AvgIpc) is 3.92. The average molecular weight is 701 g/mol. The molecule has 0 fully saturated rings. The summed E-state index contributed by atoms with van der Waals surface area (Å²) in [6, 6.07) is 57.7. The molecule has 4 aromatic heterocycles. The molecule has 0 saturated heterocycles. The zero-order chi connectivity index (χ0) is 36.2. The highest BCUT2D eigenvalue weighted by Crippen LogP contribution is 2.52. The smallest absolute Gasteiger partial charge is 0.235 e. The van der Waals surface area contributed by atoms with E-state index in [1.165, 1.54) is 87.1 Å². The maximum Gasteiger partial charge on any atom is 0.235 e. The van der Waals surface area contributed by atoms with Crippen LogP contribution in [0.4, 0.5) is 0 Å². The van der Waals surface area contributed by atoms with Gasteiger partial charge in [0.1, 0.15) is 0 Å². The largest absolute Gasteiger partial charge is 0.308 e. The zero-order valence-electron chi connectivity index (χ0n) is 30.3. The van der Waals surface area contributed by atoms with Crippen molar-refractivity contribution >= 4 is 81.4 Å². The predicted octanol–water partition coefficient (Wildman–Crippen LogP) is 13.0. The summed E-state index contributed by atoms with van der Waals surface area (Å²) in [5, 5.41) is 12.4. The minimum atomic E-state index is -0.280. The molecule has 1 aliphatic carbocycles. The van der Waals surface area contributed by atoms with E-state index in [0.29, 0.717) is 5.95 Å². The molecule has 0 unspecified atom stereocenters. The number of aromatic nitrogens is 4. The topological polar surface area (TPSA) is 35.1 Å². The second-order valence-corrected chi connectivity index (χ2v) is 15.8. The normalized spacial score (nSPS) is 13.8. The van der Waals surface area contributed by atoms with Crippen molar-refractivity contribution in [3.05, 3.63) is 169 Å². The molecule has 12 aromatic rings. The van der Waals surface area contributed by atoms with Crippen LogP contribution in [0, 0.1) is 0 Å². The van der Waals surface area contributed by atoms with E-state index in [4.69, 9.17) is 9.97 Å². The lowest BCUT2D eigenvalue weighted by molar-refractivity contribution is 0.657. The molecule has 256 valence electrons. The SMILES string of the molecule is CC1(C)c2ccccc2-c2nc(-n3c4cc5ccccc5cc4c4c5c6cccc7c8ccccc8n(c5ccc43)c76)nc(-c3ccc4ccccc4c3)c21. The number of nitrogens with zero attached hydrogens (tertiary/aromatic N) is 4. The Bertz CT molecular complexity index is 3640. The number of fused-ring (bicyclic) bond motifs is 15. The Morgan fingerprint density at radius 1 is 0.455 bits per heavy atom. The highest BCUT2D eigenvalue weighted by molar-refractivity contribution is 6.33. The third kappa shape index (κ3) is 3.66. The fourth-order valence-corrected chi connectivity index (χ4v) is 10.2. The highest BCUT2D eigenvalue weighted by atomic mass is 15.2. The summed E-state index contributed by atoms with van der Waals surface area (Å²) >= 11 is 0. The van der Waals surface area contributed by atoms with Gasteiger partial charge in [-0.15, -0.1) is 0 Å². The highest BCUT2D eigenvalue weighted by Gasteiger charge is 2.40. The van der Waals surface area contributed by atoms with Gasteiger partial charge in [-0.25, -0.2) is 9.97 Å². The van der Waals surface area contributed by atoms with Gasteiger partial charge in [0.15, 0.2) is 0 Å². The van der Waals surface area contributed by atoms with E-state index in [9.17, 15) is 0 Å². The Hall–Kier alpha value is -7.04. The third-order valence-electron chi connectivity index (χ3n) is 12.6. The Labute approximate surface area is 315 Å². The molecule has 0 saturated carbocycles. The molecule has 0 bridgehead atoms. The maximum atomic E-state index is 5.67. The molecule has 0 amide bonds. The number of rotatable bonds is 2. The van der Waals surface area contributed by atoms with Crippen molar-refractivity contribution in [2.24, 2.45) is 0 Å². The van der Waals surface area contributed by atoms with Gasteiger partial charge in [-0.3, -0.25) is 4.57 Å². The van der Waals surface area contributed by atoms with Gasteiger partial charge >= 0.3 is 0 Å². The Morgan fingerprint density at radius 3 is 1.98 bits per heavy atom. The van der Waals surface area contributed by atoms with Crippen LogP contribution in [-0.2, 0) is 5.41 Å². The molecule has 4 nitrogen and oxygen atoms in total. The Kier molecular flexibility index (Phi) is 5.42. The van der Waals surface area contributed by atoms with Crippen LogP contribution in [0.25, 0.3) is 110 Å². The Morgan fingerprint density at radius 2 is 1.11 bits per heavy atom. The fraction of sp³-hybridized carbons (Fsp3) is 0.0588. The van der Waals surface area contributed by atoms with E-state index in [1.807, 2.05) is 0 Å². The monoisotopic (exact) mass is 700 g/mol. The minimum Gasteiger partial charge on any atom is -0.308 e. The first-order valence-corrected chi connectivity index (χ1v) is 19.1. The molecule has 0 spiro atoms. The van der Waals surface area contributed by atoms with Gasteiger partial charge in [0.25, 0.3) is 0 Å². The van der Waals surface area contributed by atoms with E-state index in [1.54, 1.807) is 0 Å². The van der Waals surface area contributed by atoms with Gasteiger partial charge in [0.2, 0.25) is 5.95 Å². The minimum absolute atomic E-state index is 0.280.